The molecule has 0 unspecified atom stereocenters. The summed E-state index contributed by atoms with van der Waals surface area (Å²) in [4.78, 5) is 21.9. The van der Waals surface area contributed by atoms with Crippen LogP contribution in [-0.2, 0) is 11.2 Å². The van der Waals surface area contributed by atoms with Gasteiger partial charge < -0.3 is 20.5 Å². The minimum absolute atomic E-state index is 0. The minimum Gasteiger partial charge on any atom is -0.361 e. The molecule has 0 bridgehead atoms. The zero-order chi connectivity index (χ0) is 18.2. The predicted molar refractivity (Wildman–Crippen MR) is 122 cm³/mol. The molecule has 0 spiro atoms. The fourth-order valence-electron chi connectivity index (χ4n) is 3.38. The minimum atomic E-state index is 0. The van der Waals surface area contributed by atoms with E-state index in [4.69, 9.17) is 0 Å². The molecular formula is C20H30IN5O. The first-order valence-corrected chi connectivity index (χ1v) is 9.63. The number of carbonyl (C=O) groups excluding carboxylic acids is 1. The van der Waals surface area contributed by atoms with Crippen LogP contribution in [0.2, 0.25) is 0 Å². The summed E-state index contributed by atoms with van der Waals surface area (Å²) in [6, 6.07) is 8.34. The van der Waals surface area contributed by atoms with E-state index >= 15 is 0 Å². The molecule has 0 saturated carbocycles. The third-order valence-corrected chi connectivity index (χ3v) is 4.76. The lowest BCUT2D eigenvalue weighted by Crippen LogP contribution is -2.38. The standard InChI is InChI=1S/C20H29N5O.HI/c1-2-21-20(23-12-10-19(26)25-13-5-6-14-25)22-11-9-16-15-24-18-8-4-3-7-17(16)18;/h3-4,7-8,15,24H,2,5-6,9-14H2,1H3,(H2,21,22,23);1H. The number of aliphatic imine (C=N–C) groups is 1. The summed E-state index contributed by atoms with van der Waals surface area (Å²) in [7, 11) is 0. The molecule has 2 heterocycles. The molecule has 7 heteroatoms. The van der Waals surface area contributed by atoms with E-state index < -0.39 is 0 Å². The Bertz CT molecular complexity index is 752. The maximum Gasteiger partial charge on any atom is 0.224 e. The summed E-state index contributed by atoms with van der Waals surface area (Å²) in [6.07, 6.45) is 5.74. The van der Waals surface area contributed by atoms with E-state index in [1.807, 2.05) is 17.9 Å². The molecule has 6 nitrogen and oxygen atoms in total. The van der Waals surface area contributed by atoms with Crippen LogP contribution in [0.5, 0.6) is 0 Å². The normalized spacial score (nSPS) is 14.3. The first kappa shape index (κ1) is 21.5. The number of nitrogens with zero attached hydrogens (tertiary/aromatic N) is 2. The summed E-state index contributed by atoms with van der Waals surface area (Å²) in [5.74, 6) is 1.00. The van der Waals surface area contributed by atoms with Crippen molar-refractivity contribution < 1.29 is 4.79 Å². The van der Waals surface area contributed by atoms with Crippen LogP contribution in [0.25, 0.3) is 10.9 Å². The molecule has 148 valence electrons. The second kappa shape index (κ2) is 11.2. The van der Waals surface area contributed by atoms with E-state index in [0.717, 1.165) is 51.4 Å². The van der Waals surface area contributed by atoms with Crippen LogP contribution >= 0.6 is 24.0 Å². The van der Waals surface area contributed by atoms with Gasteiger partial charge in [-0.2, -0.15) is 0 Å². The lowest BCUT2D eigenvalue weighted by molar-refractivity contribution is -0.129. The number of amides is 1. The summed E-state index contributed by atoms with van der Waals surface area (Å²) in [5.41, 5.74) is 2.47. The molecule has 27 heavy (non-hydrogen) atoms. The van der Waals surface area contributed by atoms with Gasteiger partial charge in [-0.3, -0.25) is 9.79 Å². The Balaban J connectivity index is 0.00000261. The molecule has 1 saturated heterocycles. The predicted octanol–water partition coefficient (Wildman–Crippen LogP) is 2.90. The topological polar surface area (TPSA) is 72.5 Å². The summed E-state index contributed by atoms with van der Waals surface area (Å²) < 4.78 is 0. The van der Waals surface area contributed by atoms with Crippen LogP contribution in [0.15, 0.2) is 35.5 Å². The number of fused-ring (bicyclic) bond motifs is 1. The second-order valence-electron chi connectivity index (χ2n) is 6.63. The van der Waals surface area contributed by atoms with Crippen molar-refractivity contribution in [2.75, 3.05) is 32.7 Å². The summed E-state index contributed by atoms with van der Waals surface area (Å²) in [5, 5.41) is 7.89. The number of rotatable bonds is 7. The average molecular weight is 483 g/mol. The molecule has 3 rings (SSSR count). The maximum atomic E-state index is 12.1. The number of likely N-dealkylation sites (tertiary alicyclic amines) is 1. The molecule has 0 radical (unpaired) electrons. The molecule has 3 N–H and O–H groups in total. The van der Waals surface area contributed by atoms with Crippen molar-refractivity contribution in [1.29, 1.82) is 0 Å². The maximum absolute atomic E-state index is 12.1. The lowest BCUT2D eigenvalue weighted by atomic mass is 10.1. The van der Waals surface area contributed by atoms with Gasteiger partial charge in [-0.1, -0.05) is 18.2 Å². The molecule has 1 aliphatic heterocycles. The van der Waals surface area contributed by atoms with Gasteiger partial charge in [0.05, 0.1) is 6.54 Å². The molecule has 0 atom stereocenters. The highest BCUT2D eigenvalue weighted by Gasteiger charge is 2.16. The van der Waals surface area contributed by atoms with Gasteiger partial charge in [0.25, 0.3) is 0 Å². The number of carbonyl (C=O) groups is 1. The van der Waals surface area contributed by atoms with Gasteiger partial charge in [0, 0.05) is 49.7 Å². The number of nitrogens with one attached hydrogen (secondary N) is 3. The highest BCUT2D eigenvalue weighted by molar-refractivity contribution is 14.0. The molecular weight excluding hydrogens is 453 g/mol. The number of aromatic amines is 1. The number of aromatic nitrogens is 1. The monoisotopic (exact) mass is 483 g/mol. The number of benzene rings is 1. The zero-order valence-corrected chi connectivity index (χ0v) is 18.3. The fourth-order valence-corrected chi connectivity index (χ4v) is 3.38. The van der Waals surface area contributed by atoms with E-state index in [1.54, 1.807) is 0 Å². The Hall–Kier alpha value is -1.77. The number of guanidine groups is 1. The third kappa shape index (κ3) is 6.12. The molecule has 1 aromatic carbocycles. The number of hydrogen-bond donors (Lipinski definition) is 3. The SMILES string of the molecule is CCNC(=NCCC(=O)N1CCCC1)NCCc1c[nH]c2ccccc12.I. The number of halogens is 1. The Labute approximate surface area is 178 Å². The zero-order valence-electron chi connectivity index (χ0n) is 16.0. The van der Waals surface area contributed by atoms with Crippen molar-refractivity contribution in [3.8, 4) is 0 Å². The Morgan fingerprint density at radius 1 is 1.22 bits per heavy atom. The Morgan fingerprint density at radius 2 is 2.00 bits per heavy atom. The quantitative estimate of drug-likeness (QED) is 0.322. The van der Waals surface area contributed by atoms with Crippen molar-refractivity contribution in [3.05, 3.63) is 36.0 Å². The first-order chi connectivity index (χ1) is 12.8. The van der Waals surface area contributed by atoms with E-state index in [9.17, 15) is 4.79 Å². The average Bonchev–Trinajstić information content (AvgIpc) is 3.32. The molecule has 1 aromatic heterocycles. The van der Waals surface area contributed by atoms with E-state index in [2.05, 4.69) is 45.0 Å². The van der Waals surface area contributed by atoms with Gasteiger partial charge in [0.15, 0.2) is 5.96 Å². The van der Waals surface area contributed by atoms with Gasteiger partial charge in [-0.15, -0.1) is 24.0 Å². The van der Waals surface area contributed by atoms with Crippen LogP contribution in [0, 0.1) is 0 Å². The van der Waals surface area contributed by atoms with Gasteiger partial charge >= 0.3 is 0 Å². The molecule has 1 amide bonds. The Morgan fingerprint density at radius 3 is 2.78 bits per heavy atom. The molecule has 1 aliphatic rings. The molecule has 2 aromatic rings. The van der Waals surface area contributed by atoms with Crippen molar-refractivity contribution in [2.24, 2.45) is 4.99 Å². The van der Waals surface area contributed by atoms with Crippen LogP contribution in [0.3, 0.4) is 0 Å². The van der Waals surface area contributed by atoms with Gasteiger partial charge in [-0.25, -0.2) is 0 Å². The number of hydrogen-bond acceptors (Lipinski definition) is 2. The van der Waals surface area contributed by atoms with E-state index in [0.29, 0.717) is 13.0 Å². The van der Waals surface area contributed by atoms with Gasteiger partial charge in [-0.05, 0) is 37.8 Å². The molecule has 1 fully saturated rings. The van der Waals surface area contributed by atoms with E-state index in [1.165, 1.54) is 16.5 Å². The van der Waals surface area contributed by atoms with Crippen LogP contribution in [0.1, 0.15) is 31.7 Å². The lowest BCUT2D eigenvalue weighted by Gasteiger charge is -2.15. The van der Waals surface area contributed by atoms with Crippen molar-refractivity contribution in [3.63, 3.8) is 0 Å². The van der Waals surface area contributed by atoms with Crippen LogP contribution < -0.4 is 10.6 Å². The van der Waals surface area contributed by atoms with Gasteiger partial charge in [0.1, 0.15) is 0 Å². The van der Waals surface area contributed by atoms with Crippen LogP contribution in [-0.4, -0.2) is 54.5 Å². The fraction of sp³-hybridized carbons (Fsp3) is 0.500. The Kier molecular flexibility index (Phi) is 8.90. The first-order valence-electron chi connectivity index (χ1n) is 9.63. The summed E-state index contributed by atoms with van der Waals surface area (Å²) >= 11 is 0. The summed E-state index contributed by atoms with van der Waals surface area (Å²) in [6.45, 7) is 5.99. The molecule has 0 aliphatic carbocycles. The van der Waals surface area contributed by atoms with Crippen molar-refractivity contribution >= 4 is 46.7 Å². The highest BCUT2D eigenvalue weighted by Crippen LogP contribution is 2.17. The number of H-pyrrole nitrogens is 1. The second-order valence-corrected chi connectivity index (χ2v) is 6.63. The third-order valence-electron chi connectivity index (χ3n) is 4.76. The smallest absolute Gasteiger partial charge is 0.224 e. The highest BCUT2D eigenvalue weighted by atomic mass is 127. The van der Waals surface area contributed by atoms with Crippen molar-refractivity contribution in [2.45, 2.75) is 32.6 Å². The number of para-hydroxylation sites is 1. The largest absolute Gasteiger partial charge is 0.361 e. The van der Waals surface area contributed by atoms with Crippen molar-refractivity contribution in [1.82, 2.24) is 20.5 Å². The van der Waals surface area contributed by atoms with Gasteiger partial charge in [0.2, 0.25) is 5.91 Å². The van der Waals surface area contributed by atoms with E-state index in [-0.39, 0.29) is 29.9 Å². The van der Waals surface area contributed by atoms with Crippen LogP contribution in [0.4, 0.5) is 0 Å².